The van der Waals surface area contributed by atoms with Gasteiger partial charge >= 0.3 is 5.97 Å². The summed E-state index contributed by atoms with van der Waals surface area (Å²) >= 11 is 0. The molecule has 1 saturated carbocycles. The van der Waals surface area contributed by atoms with Crippen LogP contribution in [-0.2, 0) is 4.79 Å². The molecule has 0 aromatic heterocycles. The highest BCUT2D eigenvalue weighted by Gasteiger charge is 2.33. The first kappa shape index (κ1) is 10.5. The summed E-state index contributed by atoms with van der Waals surface area (Å²) in [5.41, 5.74) is 0.0405. The van der Waals surface area contributed by atoms with Crippen LogP contribution in [0.1, 0.15) is 38.5 Å². The predicted octanol–water partition coefficient (Wildman–Crippen LogP) is 1.63. The van der Waals surface area contributed by atoms with Gasteiger partial charge in [0.25, 0.3) is 0 Å². The molecule has 0 amide bonds. The second kappa shape index (κ2) is 4.61. The Morgan fingerprint density at radius 3 is 2.46 bits per heavy atom. The molecule has 0 spiro atoms. The number of carbonyl (C=O) groups is 1. The van der Waals surface area contributed by atoms with Crippen molar-refractivity contribution >= 4 is 5.97 Å². The van der Waals surface area contributed by atoms with Crippen molar-refractivity contribution in [3.8, 4) is 0 Å². The average Bonchev–Trinajstić information content (AvgIpc) is 2.04. The maximum absolute atomic E-state index is 10.7. The fourth-order valence-electron chi connectivity index (χ4n) is 2.41. The molecule has 3 nitrogen and oxygen atoms in total. The fourth-order valence-corrected chi connectivity index (χ4v) is 2.41. The van der Waals surface area contributed by atoms with Crippen molar-refractivity contribution in [1.82, 2.24) is 5.32 Å². The highest BCUT2D eigenvalue weighted by Crippen LogP contribution is 2.38. The SMILES string of the molecule is CNCC1(CC(=O)O)CCCCC1. The minimum atomic E-state index is -0.655. The Hall–Kier alpha value is -0.570. The molecular weight excluding hydrogens is 166 g/mol. The summed E-state index contributed by atoms with van der Waals surface area (Å²) in [6.07, 6.45) is 6.11. The maximum Gasteiger partial charge on any atom is 0.303 e. The van der Waals surface area contributed by atoms with Gasteiger partial charge in [0.15, 0.2) is 0 Å². The molecule has 0 aromatic carbocycles. The molecule has 13 heavy (non-hydrogen) atoms. The number of nitrogens with one attached hydrogen (secondary N) is 1. The van der Waals surface area contributed by atoms with Crippen molar-refractivity contribution in [3.63, 3.8) is 0 Å². The van der Waals surface area contributed by atoms with Crippen LogP contribution in [0.25, 0.3) is 0 Å². The zero-order valence-corrected chi connectivity index (χ0v) is 8.31. The van der Waals surface area contributed by atoms with E-state index in [1.165, 1.54) is 19.3 Å². The van der Waals surface area contributed by atoms with Crippen LogP contribution in [0, 0.1) is 5.41 Å². The van der Waals surface area contributed by atoms with Gasteiger partial charge in [-0.2, -0.15) is 0 Å². The van der Waals surface area contributed by atoms with Gasteiger partial charge in [-0.1, -0.05) is 19.3 Å². The third-order valence-electron chi connectivity index (χ3n) is 2.99. The van der Waals surface area contributed by atoms with Crippen LogP contribution in [0.4, 0.5) is 0 Å². The van der Waals surface area contributed by atoms with Crippen molar-refractivity contribution in [3.05, 3.63) is 0 Å². The molecule has 1 fully saturated rings. The first-order valence-corrected chi connectivity index (χ1v) is 5.05. The van der Waals surface area contributed by atoms with E-state index in [-0.39, 0.29) is 5.41 Å². The largest absolute Gasteiger partial charge is 0.481 e. The molecule has 1 rings (SSSR count). The summed E-state index contributed by atoms with van der Waals surface area (Å²) < 4.78 is 0. The van der Waals surface area contributed by atoms with E-state index in [1.54, 1.807) is 0 Å². The van der Waals surface area contributed by atoms with Gasteiger partial charge in [-0.05, 0) is 25.3 Å². The van der Waals surface area contributed by atoms with Crippen molar-refractivity contribution in [2.24, 2.45) is 5.41 Å². The van der Waals surface area contributed by atoms with Crippen LogP contribution in [0.3, 0.4) is 0 Å². The van der Waals surface area contributed by atoms with E-state index in [2.05, 4.69) is 5.32 Å². The van der Waals surface area contributed by atoms with Crippen molar-refractivity contribution in [1.29, 1.82) is 0 Å². The highest BCUT2D eigenvalue weighted by molar-refractivity contribution is 5.67. The Bertz CT molecular complexity index is 168. The predicted molar refractivity (Wildman–Crippen MR) is 51.7 cm³/mol. The smallest absolute Gasteiger partial charge is 0.303 e. The Kier molecular flexibility index (Phi) is 3.72. The van der Waals surface area contributed by atoms with Crippen molar-refractivity contribution in [2.45, 2.75) is 38.5 Å². The van der Waals surface area contributed by atoms with Crippen LogP contribution in [0.2, 0.25) is 0 Å². The lowest BCUT2D eigenvalue weighted by Crippen LogP contribution is -2.36. The van der Waals surface area contributed by atoms with Crippen molar-refractivity contribution in [2.75, 3.05) is 13.6 Å². The van der Waals surface area contributed by atoms with Crippen LogP contribution >= 0.6 is 0 Å². The standard InChI is InChI=1S/C10H19NO2/c1-11-8-10(7-9(12)13)5-3-2-4-6-10/h11H,2-8H2,1H3,(H,12,13). The topological polar surface area (TPSA) is 49.3 Å². The molecule has 2 N–H and O–H groups in total. The van der Waals surface area contributed by atoms with Crippen LogP contribution in [-0.4, -0.2) is 24.7 Å². The van der Waals surface area contributed by atoms with Gasteiger partial charge in [0.2, 0.25) is 0 Å². The molecule has 0 bridgehead atoms. The molecule has 0 unspecified atom stereocenters. The number of hydrogen-bond acceptors (Lipinski definition) is 2. The Balaban J connectivity index is 2.55. The summed E-state index contributed by atoms with van der Waals surface area (Å²) in [7, 11) is 1.90. The normalized spacial score (nSPS) is 21.3. The molecule has 76 valence electrons. The summed E-state index contributed by atoms with van der Waals surface area (Å²) in [4.78, 5) is 10.7. The van der Waals surface area contributed by atoms with Gasteiger partial charge in [0.05, 0.1) is 6.42 Å². The molecule has 0 aromatic rings. The molecule has 1 aliphatic carbocycles. The van der Waals surface area contributed by atoms with E-state index >= 15 is 0 Å². The van der Waals surface area contributed by atoms with E-state index in [0.29, 0.717) is 6.42 Å². The van der Waals surface area contributed by atoms with Gasteiger partial charge in [-0.25, -0.2) is 0 Å². The number of rotatable bonds is 4. The molecule has 0 radical (unpaired) electrons. The zero-order chi connectivity index (χ0) is 9.73. The summed E-state index contributed by atoms with van der Waals surface area (Å²) in [5, 5.41) is 12.0. The van der Waals surface area contributed by atoms with Gasteiger partial charge in [-0.3, -0.25) is 4.79 Å². The lowest BCUT2D eigenvalue weighted by Gasteiger charge is -2.35. The monoisotopic (exact) mass is 185 g/mol. The van der Waals surface area contributed by atoms with E-state index < -0.39 is 5.97 Å². The molecule has 3 heteroatoms. The zero-order valence-electron chi connectivity index (χ0n) is 8.31. The number of aliphatic carboxylic acids is 1. The summed E-state index contributed by atoms with van der Waals surface area (Å²) in [5.74, 6) is -0.655. The Morgan fingerprint density at radius 1 is 1.38 bits per heavy atom. The molecular formula is C10H19NO2. The minimum Gasteiger partial charge on any atom is -0.481 e. The lowest BCUT2D eigenvalue weighted by atomic mass is 9.72. The van der Waals surface area contributed by atoms with Crippen LogP contribution in [0.5, 0.6) is 0 Å². The molecule has 0 aliphatic heterocycles. The second-order valence-corrected chi connectivity index (χ2v) is 4.16. The van der Waals surface area contributed by atoms with E-state index in [9.17, 15) is 4.79 Å². The first-order chi connectivity index (χ1) is 6.18. The van der Waals surface area contributed by atoms with Crippen molar-refractivity contribution < 1.29 is 9.90 Å². The van der Waals surface area contributed by atoms with Crippen LogP contribution < -0.4 is 5.32 Å². The molecule has 0 heterocycles. The van der Waals surface area contributed by atoms with Gasteiger partial charge in [0, 0.05) is 6.54 Å². The number of carboxylic acid groups (broad SMARTS) is 1. The van der Waals surface area contributed by atoms with Gasteiger partial charge in [0.1, 0.15) is 0 Å². The van der Waals surface area contributed by atoms with Gasteiger partial charge in [-0.15, -0.1) is 0 Å². The number of carboxylic acids is 1. The van der Waals surface area contributed by atoms with Crippen LogP contribution in [0.15, 0.2) is 0 Å². The maximum atomic E-state index is 10.7. The molecule has 0 saturated heterocycles. The number of hydrogen-bond donors (Lipinski definition) is 2. The molecule has 0 atom stereocenters. The quantitative estimate of drug-likeness (QED) is 0.700. The third-order valence-corrected chi connectivity index (χ3v) is 2.99. The summed E-state index contributed by atoms with van der Waals surface area (Å²) in [6, 6.07) is 0. The van der Waals surface area contributed by atoms with E-state index in [0.717, 1.165) is 19.4 Å². The van der Waals surface area contributed by atoms with Gasteiger partial charge < -0.3 is 10.4 Å². The highest BCUT2D eigenvalue weighted by atomic mass is 16.4. The lowest BCUT2D eigenvalue weighted by molar-refractivity contribution is -0.140. The Morgan fingerprint density at radius 2 is 2.00 bits per heavy atom. The minimum absolute atomic E-state index is 0.0405. The average molecular weight is 185 g/mol. The Labute approximate surface area is 79.5 Å². The second-order valence-electron chi connectivity index (χ2n) is 4.16. The summed E-state index contributed by atoms with van der Waals surface area (Å²) in [6.45, 7) is 0.847. The fraction of sp³-hybridized carbons (Fsp3) is 0.900. The first-order valence-electron chi connectivity index (χ1n) is 5.05. The third kappa shape index (κ3) is 2.99. The van der Waals surface area contributed by atoms with E-state index in [1.807, 2.05) is 7.05 Å². The molecule has 1 aliphatic rings. The van der Waals surface area contributed by atoms with E-state index in [4.69, 9.17) is 5.11 Å².